The molecule has 0 amide bonds. The van der Waals surface area contributed by atoms with Crippen LogP contribution in [0.25, 0.3) is 11.1 Å². The van der Waals surface area contributed by atoms with Crippen LogP contribution < -0.4 is 5.32 Å². The third-order valence-electron chi connectivity index (χ3n) is 3.20. The predicted molar refractivity (Wildman–Crippen MR) is 82.3 cm³/mol. The number of aromatic nitrogens is 2. The van der Waals surface area contributed by atoms with Crippen molar-refractivity contribution >= 4 is 28.1 Å². The molecule has 0 spiro atoms. The molecule has 20 heavy (non-hydrogen) atoms. The Morgan fingerprint density at radius 3 is 2.90 bits per heavy atom. The number of benzene rings is 1. The highest BCUT2D eigenvalue weighted by Crippen LogP contribution is 2.24. The summed E-state index contributed by atoms with van der Waals surface area (Å²) in [6, 6.07) is 6.18. The quantitative estimate of drug-likeness (QED) is 0.776. The van der Waals surface area contributed by atoms with Crippen molar-refractivity contribution in [2.24, 2.45) is 0 Å². The third kappa shape index (κ3) is 2.54. The zero-order chi connectivity index (χ0) is 14.1. The van der Waals surface area contributed by atoms with Crippen molar-refractivity contribution in [1.82, 2.24) is 9.97 Å². The van der Waals surface area contributed by atoms with Crippen LogP contribution in [0.2, 0.25) is 0 Å². The Balaban J connectivity index is 1.83. The molecule has 0 aliphatic carbocycles. The van der Waals surface area contributed by atoms with Gasteiger partial charge in [-0.3, -0.25) is 0 Å². The normalized spacial score (nSPS) is 12.8. The molecule has 1 unspecified atom stereocenters. The topological polar surface area (TPSA) is 51.0 Å². The van der Waals surface area contributed by atoms with Gasteiger partial charge in [0.25, 0.3) is 0 Å². The minimum atomic E-state index is 0.176. The lowest BCUT2D eigenvalue weighted by Crippen LogP contribution is -2.06. The van der Waals surface area contributed by atoms with E-state index < -0.39 is 0 Å². The van der Waals surface area contributed by atoms with Crippen LogP contribution in [-0.2, 0) is 6.42 Å². The fraction of sp³-hybridized carbons (Fsp3) is 0.333. The average Bonchev–Trinajstić information content (AvgIpc) is 3.03. The van der Waals surface area contributed by atoms with Crippen molar-refractivity contribution in [3.05, 3.63) is 40.2 Å². The van der Waals surface area contributed by atoms with E-state index >= 15 is 0 Å². The monoisotopic (exact) mass is 287 g/mol. The van der Waals surface area contributed by atoms with Crippen molar-refractivity contribution in [3.63, 3.8) is 0 Å². The summed E-state index contributed by atoms with van der Waals surface area (Å²) >= 11 is 1.67. The SMILES string of the molecule is CCc1nc2cc(NC(C)c3csc(C)n3)ccc2o1. The minimum absolute atomic E-state index is 0.176. The molecule has 104 valence electrons. The number of anilines is 1. The molecule has 2 aromatic heterocycles. The molecular weight excluding hydrogens is 270 g/mol. The second-order valence-corrected chi connectivity index (χ2v) is 5.86. The molecule has 3 aromatic rings. The first-order chi connectivity index (χ1) is 9.65. The largest absolute Gasteiger partial charge is 0.441 e. The van der Waals surface area contributed by atoms with Crippen molar-refractivity contribution in [2.75, 3.05) is 5.32 Å². The van der Waals surface area contributed by atoms with Gasteiger partial charge in [-0.1, -0.05) is 6.92 Å². The van der Waals surface area contributed by atoms with E-state index in [9.17, 15) is 0 Å². The number of hydrogen-bond donors (Lipinski definition) is 1. The smallest absolute Gasteiger partial charge is 0.195 e. The minimum Gasteiger partial charge on any atom is -0.441 e. The zero-order valence-electron chi connectivity index (χ0n) is 11.8. The number of fused-ring (bicyclic) bond motifs is 1. The van der Waals surface area contributed by atoms with Crippen LogP contribution in [-0.4, -0.2) is 9.97 Å². The molecule has 5 heteroatoms. The van der Waals surface area contributed by atoms with E-state index in [0.717, 1.165) is 39.8 Å². The van der Waals surface area contributed by atoms with E-state index in [2.05, 4.69) is 27.6 Å². The Labute approximate surface area is 121 Å². The Hall–Kier alpha value is -1.88. The van der Waals surface area contributed by atoms with Crippen LogP contribution in [0.15, 0.2) is 28.0 Å². The lowest BCUT2D eigenvalue weighted by molar-refractivity contribution is 0.538. The summed E-state index contributed by atoms with van der Waals surface area (Å²) in [5, 5.41) is 6.64. The Bertz CT molecular complexity index is 732. The highest BCUT2D eigenvalue weighted by molar-refractivity contribution is 7.09. The number of nitrogens with one attached hydrogen (secondary N) is 1. The molecule has 0 saturated heterocycles. The Morgan fingerprint density at radius 1 is 1.35 bits per heavy atom. The summed E-state index contributed by atoms with van der Waals surface area (Å²) in [5.74, 6) is 0.778. The molecule has 0 aliphatic rings. The second kappa shape index (κ2) is 5.25. The number of thiazole rings is 1. The van der Waals surface area contributed by atoms with Gasteiger partial charge >= 0.3 is 0 Å². The fourth-order valence-corrected chi connectivity index (χ4v) is 2.83. The van der Waals surface area contributed by atoms with Gasteiger partial charge in [0.2, 0.25) is 0 Å². The number of nitrogens with zero attached hydrogens (tertiary/aromatic N) is 2. The van der Waals surface area contributed by atoms with Crippen LogP contribution in [0.4, 0.5) is 5.69 Å². The van der Waals surface area contributed by atoms with Crippen LogP contribution in [0.1, 0.15) is 36.5 Å². The first kappa shape index (κ1) is 13.1. The molecular formula is C15H17N3OS. The van der Waals surface area contributed by atoms with Gasteiger partial charge in [0.05, 0.1) is 16.7 Å². The number of rotatable bonds is 4. The highest BCUT2D eigenvalue weighted by atomic mass is 32.1. The van der Waals surface area contributed by atoms with Gasteiger partial charge in [-0.25, -0.2) is 9.97 Å². The Morgan fingerprint density at radius 2 is 2.20 bits per heavy atom. The fourth-order valence-electron chi connectivity index (χ4n) is 2.12. The second-order valence-electron chi connectivity index (χ2n) is 4.80. The lowest BCUT2D eigenvalue weighted by Gasteiger charge is -2.12. The van der Waals surface area contributed by atoms with E-state index in [1.807, 2.05) is 32.0 Å². The highest BCUT2D eigenvalue weighted by Gasteiger charge is 2.10. The summed E-state index contributed by atoms with van der Waals surface area (Å²) in [5.41, 5.74) is 3.84. The molecule has 0 aliphatic heterocycles. The van der Waals surface area contributed by atoms with Crippen LogP contribution in [0, 0.1) is 6.92 Å². The van der Waals surface area contributed by atoms with E-state index in [4.69, 9.17) is 4.42 Å². The van der Waals surface area contributed by atoms with E-state index in [1.54, 1.807) is 11.3 Å². The van der Waals surface area contributed by atoms with Crippen molar-refractivity contribution < 1.29 is 4.42 Å². The van der Waals surface area contributed by atoms with Crippen LogP contribution in [0.5, 0.6) is 0 Å². The van der Waals surface area contributed by atoms with E-state index in [-0.39, 0.29) is 6.04 Å². The molecule has 4 nitrogen and oxygen atoms in total. The number of aryl methyl sites for hydroxylation is 2. The molecule has 0 bridgehead atoms. The summed E-state index contributed by atoms with van der Waals surface area (Å²) in [4.78, 5) is 8.96. The predicted octanol–water partition coefficient (Wildman–Crippen LogP) is 4.33. The molecule has 0 fully saturated rings. The molecule has 1 N–H and O–H groups in total. The third-order valence-corrected chi connectivity index (χ3v) is 3.99. The summed E-state index contributed by atoms with van der Waals surface area (Å²) in [6.45, 7) is 6.17. The van der Waals surface area contributed by atoms with E-state index in [0.29, 0.717) is 0 Å². The zero-order valence-corrected chi connectivity index (χ0v) is 12.6. The van der Waals surface area contributed by atoms with Crippen molar-refractivity contribution in [2.45, 2.75) is 33.2 Å². The Kier molecular flexibility index (Phi) is 3.44. The van der Waals surface area contributed by atoms with Gasteiger partial charge in [0.15, 0.2) is 11.5 Å². The molecule has 0 radical (unpaired) electrons. The maximum atomic E-state index is 5.62. The van der Waals surface area contributed by atoms with Crippen molar-refractivity contribution in [1.29, 1.82) is 0 Å². The van der Waals surface area contributed by atoms with Crippen LogP contribution in [0.3, 0.4) is 0 Å². The molecule has 3 rings (SSSR count). The van der Waals surface area contributed by atoms with Gasteiger partial charge in [-0.2, -0.15) is 0 Å². The van der Waals surface area contributed by atoms with E-state index in [1.165, 1.54) is 0 Å². The van der Waals surface area contributed by atoms with Gasteiger partial charge < -0.3 is 9.73 Å². The van der Waals surface area contributed by atoms with Gasteiger partial charge in [0.1, 0.15) is 5.52 Å². The summed E-state index contributed by atoms with van der Waals surface area (Å²) < 4.78 is 5.62. The maximum absolute atomic E-state index is 5.62. The molecule has 1 atom stereocenters. The van der Waals surface area contributed by atoms with Crippen molar-refractivity contribution in [3.8, 4) is 0 Å². The number of oxazole rings is 1. The summed E-state index contributed by atoms with van der Waals surface area (Å²) in [6.07, 6.45) is 0.811. The van der Waals surface area contributed by atoms with Gasteiger partial charge in [-0.05, 0) is 32.0 Å². The average molecular weight is 287 g/mol. The molecule has 1 aromatic carbocycles. The molecule has 2 heterocycles. The lowest BCUT2D eigenvalue weighted by atomic mass is 10.2. The number of hydrogen-bond acceptors (Lipinski definition) is 5. The first-order valence-electron chi connectivity index (χ1n) is 6.73. The molecule has 0 saturated carbocycles. The van der Waals surface area contributed by atoms with Crippen LogP contribution >= 0.6 is 11.3 Å². The standard InChI is InChI=1S/C15H17N3OS/c1-4-15-18-12-7-11(5-6-14(12)19-15)16-9(2)13-8-20-10(3)17-13/h5-9,16H,4H2,1-3H3. The first-order valence-corrected chi connectivity index (χ1v) is 7.61. The maximum Gasteiger partial charge on any atom is 0.195 e. The van der Waals surface area contributed by atoms with Gasteiger partial charge in [0, 0.05) is 17.5 Å². The van der Waals surface area contributed by atoms with Gasteiger partial charge in [-0.15, -0.1) is 11.3 Å². The summed E-state index contributed by atoms with van der Waals surface area (Å²) in [7, 11) is 0.